The van der Waals surface area contributed by atoms with Crippen molar-refractivity contribution >= 4 is 16.7 Å². The summed E-state index contributed by atoms with van der Waals surface area (Å²) < 4.78 is 11.5. The number of piperidine rings is 1. The Kier molecular flexibility index (Phi) is 6.73. The number of carbonyl (C=O) groups is 1. The summed E-state index contributed by atoms with van der Waals surface area (Å²) in [5.41, 5.74) is 1.64. The standard InChI is InChI=1S/C26H30N2O3/c1-18(23-6-4-12-27-17-23)31-25-11-10-20-14-22(9-8-21(20)15-25)26(29)28-16-19-5-3-7-24(13-19)30-2/h3,5,7-11,13-15,18,23,27H,4,6,12,16-17H2,1-2H3,(H,28,29). The largest absolute Gasteiger partial charge is 0.497 e. The van der Waals surface area contributed by atoms with E-state index in [1.165, 1.54) is 12.8 Å². The van der Waals surface area contributed by atoms with Gasteiger partial charge in [0, 0.05) is 24.6 Å². The maximum Gasteiger partial charge on any atom is 0.251 e. The summed E-state index contributed by atoms with van der Waals surface area (Å²) in [6, 6.07) is 19.5. The fourth-order valence-electron chi connectivity index (χ4n) is 4.10. The van der Waals surface area contributed by atoms with E-state index >= 15 is 0 Å². The lowest BCUT2D eigenvalue weighted by atomic mass is 9.94. The van der Waals surface area contributed by atoms with Crippen LogP contribution in [0.3, 0.4) is 0 Å². The van der Waals surface area contributed by atoms with E-state index in [0.717, 1.165) is 40.9 Å². The summed E-state index contributed by atoms with van der Waals surface area (Å²) in [7, 11) is 1.64. The first-order valence-corrected chi connectivity index (χ1v) is 10.9. The second kappa shape index (κ2) is 9.84. The third kappa shape index (κ3) is 5.36. The van der Waals surface area contributed by atoms with Crippen molar-refractivity contribution in [2.24, 2.45) is 5.92 Å². The quantitative estimate of drug-likeness (QED) is 0.591. The van der Waals surface area contributed by atoms with Gasteiger partial charge in [0.1, 0.15) is 11.5 Å². The van der Waals surface area contributed by atoms with Gasteiger partial charge in [0.2, 0.25) is 0 Å². The molecule has 1 amide bonds. The van der Waals surface area contributed by atoms with Gasteiger partial charge in [0.15, 0.2) is 0 Å². The number of hydrogen-bond donors (Lipinski definition) is 2. The third-order valence-electron chi connectivity index (χ3n) is 5.98. The van der Waals surface area contributed by atoms with E-state index in [0.29, 0.717) is 18.0 Å². The van der Waals surface area contributed by atoms with Crippen LogP contribution in [0.2, 0.25) is 0 Å². The molecule has 1 aliphatic heterocycles. The Morgan fingerprint density at radius 1 is 1.10 bits per heavy atom. The van der Waals surface area contributed by atoms with Crippen molar-refractivity contribution in [1.82, 2.24) is 10.6 Å². The van der Waals surface area contributed by atoms with Crippen LogP contribution in [0.25, 0.3) is 10.8 Å². The van der Waals surface area contributed by atoms with Crippen LogP contribution in [0.15, 0.2) is 60.7 Å². The lowest BCUT2D eigenvalue weighted by molar-refractivity contribution is 0.0951. The Labute approximate surface area is 183 Å². The van der Waals surface area contributed by atoms with Crippen molar-refractivity contribution in [3.8, 4) is 11.5 Å². The second-order valence-electron chi connectivity index (χ2n) is 8.19. The molecule has 5 heteroatoms. The van der Waals surface area contributed by atoms with Gasteiger partial charge in [0.05, 0.1) is 13.2 Å². The first-order valence-electron chi connectivity index (χ1n) is 10.9. The Morgan fingerprint density at radius 2 is 1.94 bits per heavy atom. The van der Waals surface area contributed by atoms with Gasteiger partial charge >= 0.3 is 0 Å². The molecule has 2 unspecified atom stereocenters. The lowest BCUT2D eigenvalue weighted by Crippen LogP contribution is -2.37. The molecule has 2 N–H and O–H groups in total. The minimum absolute atomic E-state index is 0.0940. The van der Waals surface area contributed by atoms with Crippen LogP contribution in [0.4, 0.5) is 0 Å². The van der Waals surface area contributed by atoms with Crippen molar-refractivity contribution < 1.29 is 14.3 Å². The summed E-state index contributed by atoms with van der Waals surface area (Å²) >= 11 is 0. The molecule has 0 bridgehead atoms. The predicted octanol–water partition coefficient (Wildman–Crippen LogP) is 4.55. The Morgan fingerprint density at radius 3 is 2.74 bits per heavy atom. The molecule has 0 aromatic heterocycles. The summed E-state index contributed by atoms with van der Waals surface area (Å²) in [6.07, 6.45) is 2.58. The van der Waals surface area contributed by atoms with Crippen LogP contribution >= 0.6 is 0 Å². The molecule has 0 aliphatic carbocycles. The molecule has 1 aliphatic rings. The smallest absolute Gasteiger partial charge is 0.251 e. The van der Waals surface area contributed by atoms with Gasteiger partial charge in [-0.15, -0.1) is 0 Å². The van der Waals surface area contributed by atoms with Crippen molar-refractivity contribution in [3.05, 3.63) is 71.8 Å². The summed E-state index contributed by atoms with van der Waals surface area (Å²) in [6.45, 7) is 4.73. The molecule has 3 aromatic carbocycles. The van der Waals surface area contributed by atoms with Crippen molar-refractivity contribution in [1.29, 1.82) is 0 Å². The lowest BCUT2D eigenvalue weighted by Gasteiger charge is -2.28. The summed E-state index contributed by atoms with van der Waals surface area (Å²) in [5, 5.41) is 8.52. The first kappa shape index (κ1) is 21.2. The highest BCUT2D eigenvalue weighted by atomic mass is 16.5. The van der Waals surface area contributed by atoms with Crippen LogP contribution in [0, 0.1) is 5.92 Å². The molecule has 4 rings (SSSR count). The van der Waals surface area contributed by atoms with Gasteiger partial charge in [0.25, 0.3) is 5.91 Å². The van der Waals surface area contributed by atoms with Gasteiger partial charge < -0.3 is 20.1 Å². The molecular formula is C26H30N2O3. The number of benzene rings is 3. The zero-order valence-corrected chi connectivity index (χ0v) is 18.2. The van der Waals surface area contributed by atoms with Crippen LogP contribution in [0.1, 0.15) is 35.7 Å². The number of hydrogen-bond acceptors (Lipinski definition) is 4. The number of methoxy groups -OCH3 is 1. The van der Waals surface area contributed by atoms with Crippen molar-refractivity contribution in [3.63, 3.8) is 0 Å². The molecule has 31 heavy (non-hydrogen) atoms. The van der Waals surface area contributed by atoms with E-state index in [9.17, 15) is 4.79 Å². The molecular weight excluding hydrogens is 388 g/mol. The van der Waals surface area contributed by atoms with Crippen molar-refractivity contribution in [2.45, 2.75) is 32.4 Å². The van der Waals surface area contributed by atoms with Gasteiger partial charge in [-0.1, -0.05) is 24.3 Å². The topological polar surface area (TPSA) is 59.6 Å². The minimum Gasteiger partial charge on any atom is -0.497 e. The number of fused-ring (bicyclic) bond motifs is 1. The number of nitrogens with one attached hydrogen (secondary N) is 2. The highest BCUT2D eigenvalue weighted by Crippen LogP contribution is 2.25. The zero-order chi connectivity index (χ0) is 21.6. The van der Waals surface area contributed by atoms with E-state index in [4.69, 9.17) is 9.47 Å². The van der Waals surface area contributed by atoms with Gasteiger partial charge in [-0.25, -0.2) is 0 Å². The first-order chi connectivity index (χ1) is 15.1. The van der Waals surface area contributed by atoms with Gasteiger partial charge in [-0.2, -0.15) is 0 Å². The molecule has 0 spiro atoms. The molecule has 0 saturated carbocycles. The predicted molar refractivity (Wildman–Crippen MR) is 124 cm³/mol. The fourth-order valence-corrected chi connectivity index (χ4v) is 4.10. The molecule has 0 radical (unpaired) electrons. The van der Waals surface area contributed by atoms with Gasteiger partial charge in [-0.3, -0.25) is 4.79 Å². The van der Waals surface area contributed by atoms with E-state index in [2.05, 4.69) is 23.6 Å². The highest BCUT2D eigenvalue weighted by Gasteiger charge is 2.21. The van der Waals surface area contributed by atoms with E-state index in [1.807, 2.05) is 54.6 Å². The molecule has 2 atom stereocenters. The van der Waals surface area contributed by atoms with E-state index in [1.54, 1.807) is 7.11 Å². The molecule has 1 heterocycles. The van der Waals surface area contributed by atoms with Crippen molar-refractivity contribution in [2.75, 3.05) is 20.2 Å². The number of ether oxygens (including phenoxy) is 2. The number of amides is 1. The van der Waals surface area contributed by atoms with E-state index < -0.39 is 0 Å². The maximum absolute atomic E-state index is 12.6. The molecule has 5 nitrogen and oxygen atoms in total. The van der Waals surface area contributed by atoms with Crippen LogP contribution in [-0.4, -0.2) is 32.2 Å². The SMILES string of the molecule is COc1cccc(CNC(=O)c2ccc3cc(OC(C)C4CCCNC4)ccc3c2)c1. The van der Waals surface area contributed by atoms with Crippen LogP contribution in [-0.2, 0) is 6.54 Å². The molecule has 1 fully saturated rings. The highest BCUT2D eigenvalue weighted by molar-refractivity contribution is 5.98. The Balaban J connectivity index is 1.40. The average Bonchev–Trinajstić information content (AvgIpc) is 2.82. The number of carbonyl (C=O) groups excluding carboxylic acids is 1. The Bertz CT molecular complexity index is 1040. The minimum atomic E-state index is -0.0940. The fraction of sp³-hybridized carbons (Fsp3) is 0.346. The van der Waals surface area contributed by atoms with Crippen LogP contribution in [0.5, 0.6) is 11.5 Å². The third-order valence-corrected chi connectivity index (χ3v) is 5.98. The average molecular weight is 419 g/mol. The Hall–Kier alpha value is -3.05. The second-order valence-corrected chi connectivity index (χ2v) is 8.19. The number of rotatable bonds is 7. The summed E-state index contributed by atoms with van der Waals surface area (Å²) in [4.78, 5) is 12.6. The molecule has 162 valence electrons. The van der Waals surface area contributed by atoms with Crippen LogP contribution < -0.4 is 20.1 Å². The molecule has 3 aromatic rings. The normalized spacial score (nSPS) is 17.2. The zero-order valence-electron chi connectivity index (χ0n) is 18.2. The molecule has 1 saturated heterocycles. The maximum atomic E-state index is 12.6. The van der Waals surface area contributed by atoms with E-state index in [-0.39, 0.29) is 12.0 Å². The monoisotopic (exact) mass is 418 g/mol. The van der Waals surface area contributed by atoms with Gasteiger partial charge in [-0.05, 0) is 79.0 Å². The summed E-state index contributed by atoms with van der Waals surface area (Å²) in [5.74, 6) is 2.11.